The molecule has 2 atom stereocenters. The number of hydrogen-bond donors (Lipinski definition) is 1. The van der Waals surface area contributed by atoms with E-state index in [2.05, 4.69) is 0 Å². The Bertz CT molecular complexity index is 339. The van der Waals surface area contributed by atoms with Crippen LogP contribution in [0.15, 0.2) is 0 Å². The van der Waals surface area contributed by atoms with Crippen molar-refractivity contribution in [3.8, 4) is 0 Å². The smallest absolute Gasteiger partial charge is 0.323 e. The van der Waals surface area contributed by atoms with Crippen molar-refractivity contribution in [2.45, 2.75) is 63.7 Å². The summed E-state index contributed by atoms with van der Waals surface area (Å²) in [5, 5.41) is 0. The zero-order valence-electron chi connectivity index (χ0n) is 12.8. The van der Waals surface area contributed by atoms with Crippen LogP contribution in [0.5, 0.6) is 0 Å². The van der Waals surface area contributed by atoms with Gasteiger partial charge in [0.1, 0.15) is 11.6 Å². The number of hydrogen-bond acceptors (Lipinski definition) is 5. The maximum Gasteiger partial charge on any atom is 0.323 e. The van der Waals surface area contributed by atoms with Gasteiger partial charge in [0.15, 0.2) is 0 Å². The van der Waals surface area contributed by atoms with Gasteiger partial charge in [-0.05, 0) is 52.4 Å². The summed E-state index contributed by atoms with van der Waals surface area (Å²) in [6, 6.07) is -0.558. The summed E-state index contributed by atoms with van der Waals surface area (Å²) >= 11 is 0. The average molecular weight is 285 g/mol. The van der Waals surface area contributed by atoms with Gasteiger partial charge in [0.25, 0.3) is 0 Å². The van der Waals surface area contributed by atoms with Crippen LogP contribution in [-0.4, -0.2) is 43.0 Å². The molecule has 2 aliphatic rings. The Balaban J connectivity index is 1.96. The van der Waals surface area contributed by atoms with E-state index in [0.717, 1.165) is 38.9 Å². The highest BCUT2D eigenvalue weighted by Crippen LogP contribution is 2.38. The quantitative estimate of drug-likeness (QED) is 0.781. The fourth-order valence-electron chi connectivity index (χ4n) is 3.03. The second-order valence-electron chi connectivity index (χ2n) is 6.96. The molecule has 2 saturated heterocycles. The molecule has 5 nitrogen and oxygen atoms in total. The minimum Gasteiger partial charge on any atom is -0.459 e. The Kier molecular flexibility index (Phi) is 4.72. The summed E-state index contributed by atoms with van der Waals surface area (Å²) in [6.07, 6.45) is 3.44. The van der Waals surface area contributed by atoms with E-state index in [-0.39, 0.29) is 17.5 Å². The van der Waals surface area contributed by atoms with Crippen molar-refractivity contribution in [2.75, 3.05) is 19.8 Å². The second kappa shape index (κ2) is 6.00. The first-order chi connectivity index (χ1) is 9.31. The van der Waals surface area contributed by atoms with Crippen LogP contribution in [0.4, 0.5) is 0 Å². The summed E-state index contributed by atoms with van der Waals surface area (Å²) in [7, 11) is 0. The molecular weight excluding hydrogens is 258 g/mol. The van der Waals surface area contributed by atoms with Gasteiger partial charge in [-0.25, -0.2) is 0 Å². The number of esters is 1. The second-order valence-corrected chi connectivity index (χ2v) is 6.96. The molecule has 2 rings (SSSR count). The minimum absolute atomic E-state index is 0.136. The number of ether oxygens (including phenoxy) is 3. The monoisotopic (exact) mass is 285 g/mol. The molecular formula is C15H27NO4. The van der Waals surface area contributed by atoms with E-state index in [1.165, 1.54) is 0 Å². The van der Waals surface area contributed by atoms with Crippen molar-refractivity contribution < 1.29 is 19.0 Å². The Morgan fingerprint density at radius 2 is 1.95 bits per heavy atom. The molecule has 0 saturated carbocycles. The molecule has 0 aromatic carbocycles. The van der Waals surface area contributed by atoms with E-state index in [9.17, 15) is 4.79 Å². The zero-order valence-corrected chi connectivity index (χ0v) is 12.8. The third-order valence-electron chi connectivity index (χ3n) is 4.12. The molecule has 0 aromatic heterocycles. The van der Waals surface area contributed by atoms with E-state index in [1.54, 1.807) is 0 Å². The summed E-state index contributed by atoms with van der Waals surface area (Å²) in [4.78, 5) is 12.1. The van der Waals surface area contributed by atoms with E-state index < -0.39 is 11.6 Å². The normalized spacial score (nSPS) is 28.1. The predicted octanol–water partition coefficient (Wildman–Crippen LogP) is 1.63. The van der Waals surface area contributed by atoms with Crippen molar-refractivity contribution in [1.82, 2.24) is 0 Å². The van der Waals surface area contributed by atoms with Crippen LogP contribution in [0.25, 0.3) is 0 Å². The largest absolute Gasteiger partial charge is 0.459 e. The summed E-state index contributed by atoms with van der Waals surface area (Å²) < 4.78 is 16.8. The van der Waals surface area contributed by atoms with E-state index >= 15 is 0 Å². The van der Waals surface area contributed by atoms with Crippen LogP contribution >= 0.6 is 0 Å². The minimum atomic E-state index is -0.558. The number of carbonyl (C=O) groups is 1. The molecule has 0 aromatic rings. The maximum atomic E-state index is 12.1. The van der Waals surface area contributed by atoms with Gasteiger partial charge >= 0.3 is 5.97 Å². The highest BCUT2D eigenvalue weighted by molar-refractivity contribution is 5.76. The first-order valence-electron chi connectivity index (χ1n) is 7.52. The molecule has 2 heterocycles. The molecule has 2 N–H and O–H groups in total. The van der Waals surface area contributed by atoms with Crippen LogP contribution in [-0.2, 0) is 19.0 Å². The first-order valence-corrected chi connectivity index (χ1v) is 7.52. The molecule has 0 amide bonds. The van der Waals surface area contributed by atoms with E-state index in [1.807, 2.05) is 20.8 Å². The van der Waals surface area contributed by atoms with Crippen LogP contribution in [0.1, 0.15) is 46.5 Å². The fraction of sp³-hybridized carbons (Fsp3) is 0.933. The Hall–Kier alpha value is -0.650. The third kappa shape index (κ3) is 3.93. The van der Waals surface area contributed by atoms with Crippen LogP contribution < -0.4 is 5.73 Å². The maximum absolute atomic E-state index is 12.1. The molecule has 5 heteroatoms. The third-order valence-corrected chi connectivity index (χ3v) is 4.12. The highest BCUT2D eigenvalue weighted by atomic mass is 16.6. The lowest BCUT2D eigenvalue weighted by atomic mass is 9.78. The van der Waals surface area contributed by atoms with Gasteiger partial charge in [-0.15, -0.1) is 0 Å². The van der Waals surface area contributed by atoms with Crippen molar-refractivity contribution in [3.05, 3.63) is 0 Å². The molecule has 0 aliphatic carbocycles. The van der Waals surface area contributed by atoms with Crippen molar-refractivity contribution in [2.24, 2.45) is 11.7 Å². The molecule has 2 fully saturated rings. The van der Waals surface area contributed by atoms with Gasteiger partial charge in [0.2, 0.25) is 0 Å². The van der Waals surface area contributed by atoms with Crippen molar-refractivity contribution >= 4 is 5.97 Å². The lowest BCUT2D eigenvalue weighted by Crippen LogP contribution is -2.51. The number of carbonyl (C=O) groups excluding carboxylic acids is 1. The van der Waals surface area contributed by atoms with Gasteiger partial charge in [-0.1, -0.05) is 0 Å². The Labute approximate surface area is 121 Å². The van der Waals surface area contributed by atoms with Crippen LogP contribution in [0, 0.1) is 5.92 Å². The lowest BCUT2D eigenvalue weighted by molar-refractivity contribution is -0.167. The topological polar surface area (TPSA) is 70.8 Å². The number of nitrogens with two attached hydrogens (primary N) is 1. The Morgan fingerprint density at radius 1 is 1.30 bits per heavy atom. The SMILES string of the molecule is CC(C)(C)OC(=O)C(N)C1CCOC2(CCOCC2)C1. The fourth-order valence-corrected chi connectivity index (χ4v) is 3.03. The standard InChI is InChI=1S/C15H27NO4/c1-14(2,3)20-13(17)12(16)11-4-7-19-15(10-11)5-8-18-9-6-15/h11-12H,4-10,16H2,1-3H3. The van der Waals surface area contributed by atoms with Gasteiger partial charge in [0.05, 0.1) is 5.60 Å². The van der Waals surface area contributed by atoms with E-state index in [0.29, 0.717) is 6.61 Å². The molecule has 2 aliphatic heterocycles. The average Bonchev–Trinajstić information content (AvgIpc) is 2.37. The van der Waals surface area contributed by atoms with Gasteiger partial charge in [-0.3, -0.25) is 4.79 Å². The molecule has 1 spiro atoms. The van der Waals surface area contributed by atoms with Crippen LogP contribution in [0.2, 0.25) is 0 Å². The van der Waals surface area contributed by atoms with Crippen molar-refractivity contribution in [3.63, 3.8) is 0 Å². The van der Waals surface area contributed by atoms with Crippen molar-refractivity contribution in [1.29, 1.82) is 0 Å². The summed E-state index contributed by atoms with van der Waals surface area (Å²) in [6.45, 7) is 7.72. The summed E-state index contributed by atoms with van der Waals surface area (Å²) in [5.41, 5.74) is 5.50. The predicted molar refractivity (Wildman–Crippen MR) is 75.3 cm³/mol. The Morgan fingerprint density at radius 3 is 2.55 bits per heavy atom. The van der Waals surface area contributed by atoms with Crippen LogP contribution in [0.3, 0.4) is 0 Å². The molecule has 0 radical (unpaired) electrons. The molecule has 2 unspecified atom stereocenters. The summed E-state index contributed by atoms with van der Waals surface area (Å²) in [5.74, 6) is -0.164. The van der Waals surface area contributed by atoms with Gasteiger partial charge in [0, 0.05) is 19.8 Å². The number of rotatable bonds is 2. The lowest BCUT2D eigenvalue weighted by Gasteiger charge is -2.44. The van der Waals surface area contributed by atoms with Gasteiger partial charge < -0.3 is 19.9 Å². The molecule has 116 valence electrons. The molecule has 0 bridgehead atoms. The van der Waals surface area contributed by atoms with Gasteiger partial charge in [-0.2, -0.15) is 0 Å². The first kappa shape index (κ1) is 15.7. The molecule has 20 heavy (non-hydrogen) atoms. The van der Waals surface area contributed by atoms with E-state index in [4.69, 9.17) is 19.9 Å². The zero-order chi connectivity index (χ0) is 14.8. The highest BCUT2D eigenvalue weighted by Gasteiger charge is 2.42.